The second kappa shape index (κ2) is 8.33. The maximum absolute atomic E-state index is 12.0. The highest BCUT2D eigenvalue weighted by Gasteiger charge is 2.26. The first kappa shape index (κ1) is 20.6. The van der Waals surface area contributed by atoms with Gasteiger partial charge in [-0.05, 0) is 18.6 Å². The molecule has 2 aromatic carbocycles. The number of aromatic nitrogens is 3. The van der Waals surface area contributed by atoms with E-state index < -0.39 is 10.0 Å². The van der Waals surface area contributed by atoms with E-state index in [2.05, 4.69) is 14.9 Å². The minimum atomic E-state index is -3.24. The van der Waals surface area contributed by atoms with Crippen LogP contribution in [0.25, 0.3) is 34.1 Å². The van der Waals surface area contributed by atoms with Gasteiger partial charge in [0.15, 0.2) is 11.6 Å². The lowest BCUT2D eigenvalue weighted by Crippen LogP contribution is -2.34. The number of anilines is 1. The number of rotatable bonds is 4. The lowest BCUT2D eigenvalue weighted by atomic mass is 10.2. The summed E-state index contributed by atoms with van der Waals surface area (Å²) in [5.74, 6) is 1.68. The summed E-state index contributed by atoms with van der Waals surface area (Å²) in [6, 6.07) is 19.4. The summed E-state index contributed by atoms with van der Waals surface area (Å²) in [4.78, 5) is 16.2. The number of fused-ring (bicyclic) bond motifs is 1. The predicted molar refractivity (Wildman–Crippen MR) is 124 cm³/mol. The minimum Gasteiger partial charge on any atom is -0.430 e. The van der Waals surface area contributed by atoms with Crippen LogP contribution in [-0.2, 0) is 10.0 Å². The molecule has 0 spiro atoms. The number of hydrogen-bond acceptors (Lipinski definition) is 7. The van der Waals surface area contributed by atoms with Crippen LogP contribution in [0.5, 0.6) is 0 Å². The van der Waals surface area contributed by atoms with E-state index in [1.165, 1.54) is 10.6 Å². The molecule has 0 bridgehead atoms. The highest BCUT2D eigenvalue weighted by Crippen LogP contribution is 2.32. The molecule has 0 radical (unpaired) electrons. The van der Waals surface area contributed by atoms with E-state index in [0.29, 0.717) is 61.4 Å². The van der Waals surface area contributed by atoms with Crippen molar-refractivity contribution < 1.29 is 12.8 Å². The molecule has 0 aliphatic carbocycles. The second-order valence-corrected chi connectivity index (χ2v) is 9.76. The molecule has 0 unspecified atom stereocenters. The monoisotopic (exact) mass is 449 g/mol. The van der Waals surface area contributed by atoms with Crippen LogP contribution in [0.2, 0.25) is 0 Å². The van der Waals surface area contributed by atoms with E-state index in [9.17, 15) is 8.42 Å². The van der Waals surface area contributed by atoms with Gasteiger partial charge in [0.2, 0.25) is 27.1 Å². The van der Waals surface area contributed by atoms with Gasteiger partial charge >= 0.3 is 0 Å². The van der Waals surface area contributed by atoms with Gasteiger partial charge in [0.25, 0.3) is 0 Å². The Morgan fingerprint density at radius 1 is 0.812 bits per heavy atom. The van der Waals surface area contributed by atoms with Gasteiger partial charge in [-0.25, -0.2) is 22.7 Å². The Labute approximate surface area is 186 Å². The number of oxazole rings is 1. The van der Waals surface area contributed by atoms with Gasteiger partial charge in [-0.1, -0.05) is 48.5 Å². The predicted octanol–water partition coefficient (Wildman–Crippen LogP) is 3.42. The van der Waals surface area contributed by atoms with Crippen LogP contribution in [0.3, 0.4) is 0 Å². The van der Waals surface area contributed by atoms with Gasteiger partial charge in [0.05, 0.1) is 6.26 Å². The first-order valence-corrected chi connectivity index (χ1v) is 12.3. The van der Waals surface area contributed by atoms with Crippen molar-refractivity contribution in [1.82, 2.24) is 19.3 Å². The van der Waals surface area contributed by atoms with Gasteiger partial charge in [-0.2, -0.15) is 4.98 Å². The van der Waals surface area contributed by atoms with Crippen LogP contribution in [0.4, 0.5) is 5.82 Å². The highest BCUT2D eigenvalue weighted by atomic mass is 32.2. The molecule has 1 aliphatic heterocycles. The van der Waals surface area contributed by atoms with Crippen molar-refractivity contribution in [3.8, 4) is 22.8 Å². The molecule has 1 aliphatic rings. The largest absolute Gasteiger partial charge is 0.430 e. The first-order valence-electron chi connectivity index (χ1n) is 10.5. The molecular weight excluding hydrogens is 426 g/mol. The summed E-state index contributed by atoms with van der Waals surface area (Å²) in [6.45, 7) is 2.05. The SMILES string of the molecule is CS(=O)(=O)N1CCCN(c2nc(-c3ccccc3)nc3nc(-c4ccccc4)oc23)CC1. The normalized spacial score (nSPS) is 15.7. The van der Waals surface area contributed by atoms with Crippen LogP contribution in [0.15, 0.2) is 65.1 Å². The average molecular weight is 450 g/mol. The molecular formula is C23H23N5O3S. The summed E-state index contributed by atoms with van der Waals surface area (Å²) in [5, 5.41) is 0. The number of sulfonamides is 1. The van der Waals surface area contributed by atoms with Gasteiger partial charge in [-0.3, -0.25) is 0 Å². The fourth-order valence-corrected chi connectivity index (χ4v) is 4.76. The van der Waals surface area contributed by atoms with E-state index >= 15 is 0 Å². The standard InChI is InChI=1S/C23H23N5O3S/c1-32(29,30)28-14-8-13-27(15-16-28)22-19-21(24-20(25-22)17-9-4-2-5-10-17)26-23(31-19)18-11-6-3-7-12-18/h2-7,9-12H,8,13-16H2,1H3. The maximum Gasteiger partial charge on any atom is 0.229 e. The van der Waals surface area contributed by atoms with E-state index in [4.69, 9.17) is 9.40 Å². The van der Waals surface area contributed by atoms with Crippen molar-refractivity contribution in [2.75, 3.05) is 37.3 Å². The van der Waals surface area contributed by atoms with Gasteiger partial charge < -0.3 is 9.32 Å². The third-order valence-electron chi connectivity index (χ3n) is 5.51. The molecule has 164 valence electrons. The van der Waals surface area contributed by atoms with E-state index in [-0.39, 0.29) is 0 Å². The first-order chi connectivity index (χ1) is 15.5. The molecule has 32 heavy (non-hydrogen) atoms. The lowest BCUT2D eigenvalue weighted by molar-refractivity contribution is 0.437. The van der Waals surface area contributed by atoms with Crippen molar-refractivity contribution in [2.45, 2.75) is 6.42 Å². The Hall–Kier alpha value is -3.30. The Bertz CT molecular complexity index is 1340. The summed E-state index contributed by atoms with van der Waals surface area (Å²) in [7, 11) is -3.24. The molecule has 9 heteroatoms. The minimum absolute atomic E-state index is 0.394. The van der Waals surface area contributed by atoms with Gasteiger partial charge in [0.1, 0.15) is 0 Å². The van der Waals surface area contributed by atoms with Crippen LogP contribution in [-0.4, -0.2) is 60.1 Å². The number of nitrogens with zero attached hydrogens (tertiary/aromatic N) is 5. The Morgan fingerprint density at radius 3 is 2.19 bits per heavy atom. The van der Waals surface area contributed by atoms with E-state index in [0.717, 1.165) is 11.1 Å². The van der Waals surface area contributed by atoms with E-state index in [1.807, 2.05) is 60.7 Å². The molecule has 0 amide bonds. The molecule has 1 saturated heterocycles. The third kappa shape index (κ3) is 4.09. The second-order valence-electron chi connectivity index (χ2n) is 7.78. The van der Waals surface area contributed by atoms with E-state index in [1.54, 1.807) is 0 Å². The Balaban J connectivity index is 1.61. The lowest BCUT2D eigenvalue weighted by Gasteiger charge is -2.22. The molecule has 8 nitrogen and oxygen atoms in total. The van der Waals surface area contributed by atoms with Crippen molar-refractivity contribution in [2.24, 2.45) is 0 Å². The fraction of sp³-hybridized carbons (Fsp3) is 0.261. The zero-order chi connectivity index (χ0) is 22.1. The van der Waals surface area contributed by atoms with Gasteiger partial charge in [-0.15, -0.1) is 0 Å². The quantitative estimate of drug-likeness (QED) is 0.471. The molecule has 5 rings (SSSR count). The zero-order valence-electron chi connectivity index (χ0n) is 17.7. The van der Waals surface area contributed by atoms with Crippen molar-refractivity contribution in [3.05, 3.63) is 60.7 Å². The van der Waals surface area contributed by atoms with Crippen molar-refractivity contribution in [1.29, 1.82) is 0 Å². The van der Waals surface area contributed by atoms with Crippen LogP contribution in [0, 0.1) is 0 Å². The summed E-state index contributed by atoms with van der Waals surface area (Å²) >= 11 is 0. The summed E-state index contributed by atoms with van der Waals surface area (Å²) in [5.41, 5.74) is 2.73. The molecule has 1 fully saturated rings. The number of hydrogen-bond donors (Lipinski definition) is 0. The van der Waals surface area contributed by atoms with Crippen molar-refractivity contribution in [3.63, 3.8) is 0 Å². The number of benzene rings is 2. The summed E-state index contributed by atoms with van der Waals surface area (Å²) < 4.78 is 31.8. The Morgan fingerprint density at radius 2 is 1.50 bits per heavy atom. The van der Waals surface area contributed by atoms with Crippen LogP contribution in [0.1, 0.15) is 6.42 Å². The third-order valence-corrected chi connectivity index (χ3v) is 6.82. The van der Waals surface area contributed by atoms with Crippen LogP contribution < -0.4 is 4.90 Å². The molecule has 0 atom stereocenters. The molecule has 3 heterocycles. The molecule has 2 aromatic heterocycles. The van der Waals surface area contributed by atoms with Crippen molar-refractivity contribution >= 4 is 27.1 Å². The molecule has 0 N–H and O–H groups in total. The highest BCUT2D eigenvalue weighted by molar-refractivity contribution is 7.88. The van der Waals surface area contributed by atoms with Crippen LogP contribution >= 0.6 is 0 Å². The van der Waals surface area contributed by atoms with Gasteiger partial charge in [0, 0.05) is 37.3 Å². The Kier molecular flexibility index (Phi) is 5.36. The molecule has 4 aromatic rings. The fourth-order valence-electron chi connectivity index (χ4n) is 3.88. The average Bonchev–Trinajstić information content (AvgIpc) is 3.07. The zero-order valence-corrected chi connectivity index (χ0v) is 18.5. The maximum atomic E-state index is 12.0. The molecule has 0 saturated carbocycles. The smallest absolute Gasteiger partial charge is 0.229 e. The topological polar surface area (TPSA) is 92.4 Å². The summed E-state index contributed by atoms with van der Waals surface area (Å²) in [6.07, 6.45) is 1.94.